The molecule has 6 nitrogen and oxygen atoms in total. The van der Waals surface area contributed by atoms with Crippen molar-refractivity contribution in [2.24, 2.45) is 47.3 Å². The Labute approximate surface area is 460 Å². The molecule has 0 N–H and O–H groups in total. The van der Waals surface area contributed by atoms with Gasteiger partial charge in [0.25, 0.3) is 0 Å². The molecule has 15 rings (SSSR count). The number of ether oxygens (including phenoxy) is 1. The van der Waals surface area contributed by atoms with E-state index in [0.717, 1.165) is 100 Å². The van der Waals surface area contributed by atoms with Crippen LogP contribution < -0.4 is 9.80 Å². The van der Waals surface area contributed by atoms with Crippen LogP contribution in [0.5, 0.6) is 0 Å². The van der Waals surface area contributed by atoms with Crippen molar-refractivity contribution in [3.05, 3.63) is 219 Å². The first-order valence-corrected chi connectivity index (χ1v) is 29.0. The molecular weight excluding hydrogens is 962 g/mol. The lowest BCUT2D eigenvalue weighted by molar-refractivity contribution is 0.000486. The fourth-order valence-electron chi connectivity index (χ4n) is 16.6. The minimum Gasteiger partial charge on any atom is -0.474 e. The van der Waals surface area contributed by atoms with Crippen LogP contribution in [0.15, 0.2) is 202 Å². The quantitative estimate of drug-likeness (QED) is 0.116. The van der Waals surface area contributed by atoms with Crippen molar-refractivity contribution in [3.8, 4) is 18.2 Å². The van der Waals surface area contributed by atoms with Crippen molar-refractivity contribution < 1.29 is 4.74 Å². The van der Waals surface area contributed by atoms with Crippen LogP contribution in [0.25, 0.3) is 5.57 Å². The number of anilines is 4. The first kappa shape index (κ1) is 49.3. The monoisotopic (exact) mass is 1030 g/mol. The normalized spacial score (nSPS) is 30.0. The molecule has 5 aromatic carbocycles. The molecule has 0 radical (unpaired) electrons. The van der Waals surface area contributed by atoms with Crippen LogP contribution in [-0.2, 0) is 10.3 Å². The molecular formula is C70H66ClN5O. The Morgan fingerprint density at radius 3 is 1.44 bits per heavy atom. The van der Waals surface area contributed by atoms with Gasteiger partial charge in [-0.05, 0) is 220 Å². The smallest absolute Gasteiger partial charge is 0.172 e. The molecule has 7 heteroatoms. The number of nitrogens with zero attached hydrogens (tertiary/aromatic N) is 5. The van der Waals surface area contributed by atoms with Crippen LogP contribution >= 0.6 is 11.6 Å². The van der Waals surface area contributed by atoms with Gasteiger partial charge in [-0.25, -0.2) is 0 Å². The molecule has 1 unspecified atom stereocenters. The lowest BCUT2D eigenvalue weighted by Gasteiger charge is -2.57. The van der Waals surface area contributed by atoms with Crippen LogP contribution in [-0.4, -0.2) is 12.1 Å². The summed E-state index contributed by atoms with van der Waals surface area (Å²) in [7, 11) is 0. The van der Waals surface area contributed by atoms with Crippen LogP contribution in [0.2, 0.25) is 0 Å². The first-order chi connectivity index (χ1) is 37.8. The molecule has 8 fully saturated rings. The first-order valence-electron chi connectivity index (χ1n) is 28.6. The summed E-state index contributed by atoms with van der Waals surface area (Å²) < 4.78 is 6.44. The topological polar surface area (TPSA) is 87.1 Å². The van der Waals surface area contributed by atoms with Gasteiger partial charge in [-0.3, -0.25) is 0 Å². The Hall–Kier alpha value is -7.30. The Kier molecular flexibility index (Phi) is 13.2. The lowest BCUT2D eigenvalue weighted by Crippen LogP contribution is -2.54. The summed E-state index contributed by atoms with van der Waals surface area (Å²) in [6, 6.07) is 58.0. The van der Waals surface area contributed by atoms with Crippen molar-refractivity contribution >= 4 is 39.9 Å². The third-order valence-electron chi connectivity index (χ3n) is 19.5. The number of rotatable bonds is 12. The van der Waals surface area contributed by atoms with E-state index >= 15 is 0 Å². The van der Waals surface area contributed by atoms with Gasteiger partial charge in [0, 0.05) is 45.4 Å². The number of allylic oxidation sites excluding steroid dienone is 8. The summed E-state index contributed by atoms with van der Waals surface area (Å²) >= 11 is 7.48. The molecule has 1 heterocycles. The number of para-hydroxylation sites is 2. The van der Waals surface area contributed by atoms with Gasteiger partial charge in [0.05, 0.1) is 0 Å². The van der Waals surface area contributed by atoms with E-state index in [1.807, 2.05) is 61.5 Å². The minimum absolute atomic E-state index is 0.00722. The maximum Gasteiger partial charge on any atom is 0.172 e. The van der Waals surface area contributed by atoms with E-state index in [4.69, 9.17) is 16.3 Å². The van der Waals surface area contributed by atoms with Gasteiger partial charge in [0.15, 0.2) is 16.9 Å². The molecule has 0 aromatic heterocycles. The fourth-order valence-corrected chi connectivity index (χ4v) is 17.0. The highest BCUT2D eigenvalue weighted by Gasteiger charge is 2.52. The molecule has 10 aliphatic rings. The standard InChI is InChI=1S/C70H66ClN5O/c1-70(58-14-5-2-6-15-58)65(64(44-74)69(77-70)57(42-72)43-73)31-25-52-13-11-12-51(66(52)71)24-30-63(49-20-26-61(27-21-49)75(59-16-7-3-8-17-59)67-53-34-45-32-46(36-53)37-54(67)35-45)50-22-28-62(29-23-50)76(60-18-9-4-10-19-60)68-55-38-47-33-48(40-55)41-56(68)39-47/h2-10,14-31,45-48,53-56,67-68H,11-13,32-41H2,1H3/b31-25+,51-24+,63-30?. The Morgan fingerprint density at radius 2 is 1.00 bits per heavy atom. The summed E-state index contributed by atoms with van der Waals surface area (Å²) in [5.41, 5.74) is 10.8. The molecule has 0 saturated heterocycles. The van der Waals surface area contributed by atoms with Gasteiger partial charge in [-0.1, -0.05) is 127 Å². The average molecular weight is 1030 g/mol. The summed E-state index contributed by atoms with van der Waals surface area (Å²) in [5.74, 6) is 6.54. The van der Waals surface area contributed by atoms with Crippen molar-refractivity contribution in [2.75, 3.05) is 9.80 Å². The second kappa shape index (κ2) is 20.6. The van der Waals surface area contributed by atoms with E-state index in [-0.39, 0.29) is 16.9 Å². The van der Waals surface area contributed by atoms with E-state index in [0.29, 0.717) is 22.7 Å². The predicted octanol–water partition coefficient (Wildman–Crippen LogP) is 17.3. The largest absolute Gasteiger partial charge is 0.474 e. The number of halogens is 1. The van der Waals surface area contributed by atoms with Crippen LogP contribution in [0, 0.1) is 81.3 Å². The summed E-state index contributed by atoms with van der Waals surface area (Å²) in [4.78, 5) is 5.42. The Morgan fingerprint density at radius 1 is 0.558 bits per heavy atom. The van der Waals surface area contributed by atoms with E-state index in [2.05, 4.69) is 137 Å². The molecule has 8 bridgehead atoms. The highest BCUT2D eigenvalue weighted by atomic mass is 35.5. The lowest BCUT2D eigenvalue weighted by atomic mass is 9.53. The second-order valence-electron chi connectivity index (χ2n) is 24.0. The van der Waals surface area contributed by atoms with Crippen molar-refractivity contribution in [1.82, 2.24) is 0 Å². The molecule has 77 heavy (non-hydrogen) atoms. The summed E-state index contributed by atoms with van der Waals surface area (Å²) in [6.45, 7) is 1.89. The highest BCUT2D eigenvalue weighted by Crippen LogP contribution is 2.58. The van der Waals surface area contributed by atoms with Crippen LogP contribution in [0.1, 0.15) is 107 Å². The molecule has 1 aliphatic heterocycles. The maximum atomic E-state index is 10.5. The molecule has 5 aromatic rings. The number of benzene rings is 5. The fraction of sp³-hybridized carbons (Fsp3) is 0.357. The van der Waals surface area contributed by atoms with Crippen molar-refractivity contribution in [3.63, 3.8) is 0 Å². The van der Waals surface area contributed by atoms with Gasteiger partial charge in [0.2, 0.25) is 0 Å². The molecule has 8 saturated carbocycles. The van der Waals surface area contributed by atoms with Gasteiger partial charge in [0.1, 0.15) is 23.8 Å². The number of nitriles is 3. The van der Waals surface area contributed by atoms with Crippen molar-refractivity contribution in [2.45, 2.75) is 108 Å². The van der Waals surface area contributed by atoms with Crippen LogP contribution in [0.4, 0.5) is 22.7 Å². The average Bonchev–Trinajstić information content (AvgIpc) is 3.90. The highest BCUT2D eigenvalue weighted by molar-refractivity contribution is 6.32. The zero-order valence-corrected chi connectivity index (χ0v) is 44.8. The summed E-state index contributed by atoms with van der Waals surface area (Å²) in [5, 5.41) is 31.0. The van der Waals surface area contributed by atoms with E-state index in [1.165, 1.54) is 87.0 Å². The number of hydrogen-bond acceptors (Lipinski definition) is 6. The Balaban J connectivity index is 0.881. The molecule has 0 amide bonds. The predicted molar refractivity (Wildman–Crippen MR) is 309 cm³/mol. The van der Waals surface area contributed by atoms with Gasteiger partial charge in [-0.2, -0.15) is 15.8 Å². The molecule has 384 valence electrons. The van der Waals surface area contributed by atoms with E-state index in [9.17, 15) is 15.8 Å². The third kappa shape index (κ3) is 9.06. The maximum absolute atomic E-state index is 10.5. The van der Waals surface area contributed by atoms with Crippen LogP contribution in [0.3, 0.4) is 0 Å². The van der Waals surface area contributed by atoms with E-state index < -0.39 is 5.60 Å². The van der Waals surface area contributed by atoms with Crippen molar-refractivity contribution in [1.29, 1.82) is 15.8 Å². The zero-order chi connectivity index (χ0) is 52.2. The molecule has 0 spiro atoms. The Bertz CT molecular complexity index is 3180. The summed E-state index contributed by atoms with van der Waals surface area (Å²) in [6.07, 6.45) is 24.7. The van der Waals surface area contributed by atoms with Gasteiger partial charge >= 0.3 is 0 Å². The molecule has 9 aliphatic carbocycles. The zero-order valence-electron chi connectivity index (χ0n) is 44.1. The third-order valence-corrected chi connectivity index (χ3v) is 20.0. The van der Waals surface area contributed by atoms with Gasteiger partial charge < -0.3 is 14.5 Å². The SMILES string of the molecule is CC1(c2ccccc2)OC(=C(C#N)C#N)C(C#N)=C1/C=C/C1=C(Cl)C(=C/C=C(c2ccc(N(c3ccccc3)C3C4CC5CC(C4)CC3C5)cc2)c2ccc(N(c3ccccc3)C3C4CC5CC(C4)CC3C5)cc2)/CCC1. The van der Waals surface area contributed by atoms with Gasteiger partial charge in [-0.15, -0.1) is 0 Å². The van der Waals surface area contributed by atoms with E-state index in [1.54, 1.807) is 0 Å². The molecule has 1 atom stereocenters. The second-order valence-corrected chi connectivity index (χ2v) is 24.4. The minimum atomic E-state index is -1.11. The number of hydrogen-bond donors (Lipinski definition) is 0.